The van der Waals surface area contributed by atoms with Gasteiger partial charge >= 0.3 is 5.97 Å². The van der Waals surface area contributed by atoms with Crippen LogP contribution in [0.3, 0.4) is 0 Å². The third kappa shape index (κ3) is 5.27. The molecule has 0 rings (SSSR count). The first-order valence-corrected chi connectivity index (χ1v) is 5.11. The minimum absolute atomic E-state index is 0.328. The molecular formula is C13H20O2. The molecule has 1 unspecified atom stereocenters. The molecule has 0 saturated heterocycles. The van der Waals surface area contributed by atoms with Crippen LogP contribution in [0.2, 0.25) is 0 Å². The first kappa shape index (κ1) is 13.8. The van der Waals surface area contributed by atoms with E-state index in [-0.39, 0.29) is 5.97 Å². The van der Waals surface area contributed by atoms with E-state index in [2.05, 4.69) is 26.7 Å². The molecule has 0 aliphatic carbocycles. The van der Waals surface area contributed by atoms with Gasteiger partial charge in [-0.05, 0) is 34.1 Å². The smallest absolute Gasteiger partial charge is 0.304 e. The molecule has 0 heterocycles. The van der Waals surface area contributed by atoms with Crippen molar-refractivity contribution in [1.82, 2.24) is 0 Å². The number of allylic oxidation sites excluding steroid dienone is 2. The predicted molar refractivity (Wildman–Crippen MR) is 62.3 cm³/mol. The summed E-state index contributed by atoms with van der Waals surface area (Å²) < 4.78 is 5.12. The summed E-state index contributed by atoms with van der Waals surface area (Å²) in [5, 5.41) is 0. The number of hydrogen-bond donors (Lipinski definition) is 0. The first-order valence-electron chi connectivity index (χ1n) is 5.11. The maximum atomic E-state index is 10.9. The number of ether oxygens (including phenoxy) is 1. The van der Waals surface area contributed by atoms with E-state index >= 15 is 0 Å². The van der Waals surface area contributed by atoms with Gasteiger partial charge in [-0.15, -0.1) is 6.42 Å². The van der Waals surface area contributed by atoms with Gasteiger partial charge in [0, 0.05) is 13.3 Å². The van der Waals surface area contributed by atoms with Crippen molar-refractivity contribution < 1.29 is 9.53 Å². The van der Waals surface area contributed by atoms with Gasteiger partial charge in [0.15, 0.2) is 5.60 Å². The SMILES string of the molecule is C#CC(C)(CCC(C)=C(C)C)OC(C)=O. The Kier molecular flexibility index (Phi) is 5.14. The molecule has 1 atom stereocenters. The Bertz CT molecular complexity index is 303. The minimum Gasteiger partial charge on any atom is -0.446 e. The molecule has 0 spiro atoms. The second-order valence-corrected chi connectivity index (χ2v) is 4.25. The van der Waals surface area contributed by atoms with Gasteiger partial charge in [0.05, 0.1) is 0 Å². The van der Waals surface area contributed by atoms with Crippen molar-refractivity contribution in [3.05, 3.63) is 11.1 Å². The molecule has 0 bridgehead atoms. The van der Waals surface area contributed by atoms with Crippen molar-refractivity contribution in [1.29, 1.82) is 0 Å². The van der Waals surface area contributed by atoms with Gasteiger partial charge in [0.1, 0.15) is 0 Å². The van der Waals surface area contributed by atoms with Crippen molar-refractivity contribution in [2.75, 3.05) is 0 Å². The summed E-state index contributed by atoms with van der Waals surface area (Å²) in [6.45, 7) is 9.35. The van der Waals surface area contributed by atoms with Gasteiger partial charge < -0.3 is 4.74 Å². The fourth-order valence-electron chi connectivity index (χ4n) is 1.15. The van der Waals surface area contributed by atoms with Gasteiger partial charge in [0.25, 0.3) is 0 Å². The van der Waals surface area contributed by atoms with Gasteiger partial charge in [-0.2, -0.15) is 0 Å². The average Bonchev–Trinajstić information content (AvgIpc) is 2.13. The molecule has 0 aromatic heterocycles. The molecule has 2 nitrogen and oxygen atoms in total. The highest BCUT2D eigenvalue weighted by Crippen LogP contribution is 2.21. The number of carbonyl (C=O) groups is 1. The van der Waals surface area contributed by atoms with Crippen LogP contribution in [0.4, 0.5) is 0 Å². The van der Waals surface area contributed by atoms with Crippen LogP contribution < -0.4 is 0 Å². The van der Waals surface area contributed by atoms with E-state index in [1.165, 1.54) is 18.1 Å². The Hall–Kier alpha value is -1.23. The molecule has 15 heavy (non-hydrogen) atoms. The Balaban J connectivity index is 4.42. The van der Waals surface area contributed by atoms with E-state index in [1.807, 2.05) is 0 Å². The highest BCUT2D eigenvalue weighted by molar-refractivity contribution is 5.67. The minimum atomic E-state index is -0.775. The van der Waals surface area contributed by atoms with E-state index in [0.717, 1.165) is 6.42 Å². The largest absolute Gasteiger partial charge is 0.446 e. The van der Waals surface area contributed by atoms with Crippen LogP contribution in [0.15, 0.2) is 11.1 Å². The Labute approximate surface area is 92.7 Å². The molecule has 84 valence electrons. The Morgan fingerprint density at radius 1 is 1.33 bits per heavy atom. The lowest BCUT2D eigenvalue weighted by Gasteiger charge is -2.23. The van der Waals surface area contributed by atoms with E-state index < -0.39 is 5.60 Å². The van der Waals surface area contributed by atoms with Crippen molar-refractivity contribution >= 4 is 5.97 Å². The first-order chi connectivity index (χ1) is 6.80. The third-order valence-corrected chi connectivity index (χ3v) is 2.50. The zero-order valence-corrected chi connectivity index (χ0v) is 10.3. The zero-order chi connectivity index (χ0) is 12.1. The van der Waals surface area contributed by atoms with Crippen LogP contribution in [-0.2, 0) is 9.53 Å². The monoisotopic (exact) mass is 208 g/mol. The van der Waals surface area contributed by atoms with Crippen LogP contribution in [0.25, 0.3) is 0 Å². The fourth-order valence-corrected chi connectivity index (χ4v) is 1.15. The van der Waals surface area contributed by atoms with Crippen molar-refractivity contribution in [2.45, 2.75) is 53.1 Å². The van der Waals surface area contributed by atoms with Gasteiger partial charge in [-0.25, -0.2) is 0 Å². The summed E-state index contributed by atoms with van der Waals surface area (Å²) in [4.78, 5) is 10.9. The summed E-state index contributed by atoms with van der Waals surface area (Å²) in [5.74, 6) is 2.21. The number of carbonyl (C=O) groups excluding carboxylic acids is 1. The fraction of sp³-hybridized carbons (Fsp3) is 0.615. The van der Waals surface area contributed by atoms with E-state index in [0.29, 0.717) is 6.42 Å². The molecule has 0 amide bonds. The lowest BCUT2D eigenvalue weighted by molar-refractivity contribution is -0.150. The quantitative estimate of drug-likeness (QED) is 0.403. The molecule has 0 aliphatic rings. The van der Waals surface area contributed by atoms with Crippen molar-refractivity contribution in [3.63, 3.8) is 0 Å². The van der Waals surface area contributed by atoms with Gasteiger partial charge in [-0.3, -0.25) is 4.79 Å². The molecule has 0 aromatic rings. The lowest BCUT2D eigenvalue weighted by atomic mass is 9.96. The van der Waals surface area contributed by atoms with Crippen molar-refractivity contribution in [2.24, 2.45) is 0 Å². The molecule has 0 aromatic carbocycles. The molecule has 0 fully saturated rings. The van der Waals surface area contributed by atoms with Gasteiger partial charge in [-0.1, -0.05) is 17.1 Å². The summed E-state index contributed by atoms with van der Waals surface area (Å²) >= 11 is 0. The van der Waals surface area contributed by atoms with Gasteiger partial charge in [0.2, 0.25) is 0 Å². The Morgan fingerprint density at radius 2 is 1.87 bits per heavy atom. The van der Waals surface area contributed by atoms with Crippen LogP contribution in [-0.4, -0.2) is 11.6 Å². The summed E-state index contributed by atoms with van der Waals surface area (Å²) in [6.07, 6.45) is 6.90. The highest BCUT2D eigenvalue weighted by Gasteiger charge is 2.24. The van der Waals surface area contributed by atoms with Crippen molar-refractivity contribution in [3.8, 4) is 12.3 Å². The normalized spacial score (nSPS) is 13.6. The third-order valence-electron chi connectivity index (χ3n) is 2.50. The van der Waals surface area contributed by atoms with Crippen LogP contribution in [0, 0.1) is 12.3 Å². The van der Waals surface area contributed by atoms with Crippen LogP contribution in [0.1, 0.15) is 47.5 Å². The molecule has 0 radical (unpaired) electrons. The number of rotatable bonds is 4. The standard InChI is InChI=1S/C13H20O2/c1-7-13(6,15-12(5)14)9-8-11(4)10(2)3/h1H,8-9H2,2-6H3. The average molecular weight is 208 g/mol. The highest BCUT2D eigenvalue weighted by atomic mass is 16.6. The number of hydrogen-bond acceptors (Lipinski definition) is 2. The van der Waals surface area contributed by atoms with Crippen LogP contribution >= 0.6 is 0 Å². The summed E-state index contributed by atoms with van der Waals surface area (Å²) in [6, 6.07) is 0. The lowest BCUT2D eigenvalue weighted by Crippen LogP contribution is -2.28. The zero-order valence-electron chi connectivity index (χ0n) is 10.3. The molecule has 0 saturated carbocycles. The maximum Gasteiger partial charge on any atom is 0.304 e. The Morgan fingerprint density at radius 3 is 2.20 bits per heavy atom. The summed E-state index contributed by atoms with van der Waals surface area (Å²) in [5.41, 5.74) is 1.81. The van der Waals surface area contributed by atoms with E-state index in [4.69, 9.17) is 11.2 Å². The number of esters is 1. The van der Waals surface area contributed by atoms with Crippen LogP contribution in [0.5, 0.6) is 0 Å². The second kappa shape index (κ2) is 5.60. The predicted octanol–water partition coefficient (Wildman–Crippen LogP) is 3.08. The number of terminal acetylenes is 1. The topological polar surface area (TPSA) is 26.3 Å². The molecule has 2 heteroatoms. The maximum absolute atomic E-state index is 10.9. The van der Waals surface area contributed by atoms with E-state index in [1.54, 1.807) is 6.92 Å². The van der Waals surface area contributed by atoms with E-state index in [9.17, 15) is 4.79 Å². The second-order valence-electron chi connectivity index (χ2n) is 4.25. The summed E-state index contributed by atoms with van der Waals surface area (Å²) in [7, 11) is 0. The molecule has 0 aliphatic heterocycles. The molecular weight excluding hydrogens is 188 g/mol. The molecule has 0 N–H and O–H groups in total.